The van der Waals surface area contributed by atoms with Crippen molar-refractivity contribution in [3.63, 3.8) is 0 Å². The molecule has 0 aliphatic carbocycles. The Labute approximate surface area is 254 Å². The monoisotopic (exact) mass is 560 g/mol. The van der Waals surface area contributed by atoms with E-state index in [0.717, 1.165) is 24.9 Å². The Morgan fingerprint density at radius 2 is 1.23 bits per heavy atom. The Balaban J connectivity index is 1.57. The van der Waals surface area contributed by atoms with Gasteiger partial charge < -0.3 is 9.13 Å². The summed E-state index contributed by atoms with van der Waals surface area (Å²) in [4.78, 5) is 0. The lowest BCUT2D eigenvalue weighted by Crippen LogP contribution is -2.00. The molecule has 2 heteroatoms. The fourth-order valence-corrected chi connectivity index (χ4v) is 6.82. The summed E-state index contributed by atoms with van der Waals surface area (Å²) in [5.41, 5.74) is 11.7. The molecule has 2 aromatic heterocycles. The molecule has 5 aromatic carbocycles. The van der Waals surface area contributed by atoms with Gasteiger partial charge in [0, 0.05) is 39.3 Å². The van der Waals surface area contributed by atoms with E-state index in [4.69, 9.17) is 0 Å². The summed E-state index contributed by atoms with van der Waals surface area (Å²) < 4.78 is 5.07. The molecule has 0 unspecified atom stereocenters. The van der Waals surface area contributed by atoms with E-state index < -0.39 is 0 Å². The largest absolute Gasteiger partial charge is 0.335 e. The molecule has 2 nitrogen and oxygen atoms in total. The highest BCUT2D eigenvalue weighted by molar-refractivity contribution is 6.25. The van der Waals surface area contributed by atoms with E-state index in [2.05, 4.69) is 133 Å². The van der Waals surface area contributed by atoms with Gasteiger partial charge in [-0.1, -0.05) is 112 Å². The highest BCUT2D eigenvalue weighted by atomic mass is 15.0. The highest BCUT2D eigenvalue weighted by Gasteiger charge is 2.21. The lowest BCUT2D eigenvalue weighted by molar-refractivity contribution is 0.794. The molecule has 0 aliphatic heterocycles. The third-order valence-corrected chi connectivity index (χ3v) is 9.09. The van der Waals surface area contributed by atoms with E-state index in [0.29, 0.717) is 0 Å². The van der Waals surface area contributed by atoms with Crippen LogP contribution < -0.4 is 0 Å². The first-order chi connectivity index (χ1) is 21.2. The van der Waals surface area contributed by atoms with Crippen molar-refractivity contribution in [1.82, 2.24) is 9.13 Å². The molecule has 0 spiro atoms. The van der Waals surface area contributed by atoms with Gasteiger partial charge in [0.05, 0.1) is 16.6 Å². The van der Waals surface area contributed by atoms with E-state index in [-0.39, 0.29) is 0 Å². The second kappa shape index (κ2) is 11.6. The van der Waals surface area contributed by atoms with Gasteiger partial charge >= 0.3 is 0 Å². The number of fused-ring (bicyclic) bond motifs is 7. The Hall–Kier alpha value is -4.56. The van der Waals surface area contributed by atoms with E-state index >= 15 is 0 Å². The Morgan fingerprint density at radius 3 is 1.91 bits per heavy atom. The minimum absolute atomic E-state index is 0.820. The van der Waals surface area contributed by atoms with Gasteiger partial charge in [0.25, 0.3) is 0 Å². The number of para-hydroxylation sites is 1. The summed E-state index contributed by atoms with van der Waals surface area (Å²) in [6.07, 6.45) is 8.97. The first-order valence-electron chi connectivity index (χ1n) is 16.0. The van der Waals surface area contributed by atoms with Gasteiger partial charge in [-0.3, -0.25) is 0 Å². The molecular weight excluding hydrogens is 520 g/mol. The molecule has 7 aromatic rings. The zero-order valence-corrected chi connectivity index (χ0v) is 25.4. The number of nitrogens with zero attached hydrogens (tertiary/aromatic N) is 2. The maximum absolute atomic E-state index is 3.96. The fourth-order valence-electron chi connectivity index (χ4n) is 6.82. The van der Waals surface area contributed by atoms with Crippen LogP contribution in [0.3, 0.4) is 0 Å². The van der Waals surface area contributed by atoms with Crippen LogP contribution in [0, 0.1) is 0 Å². The molecule has 0 saturated carbocycles. The molecule has 0 aliphatic rings. The van der Waals surface area contributed by atoms with Crippen molar-refractivity contribution in [3.05, 3.63) is 132 Å². The Kier molecular flexibility index (Phi) is 7.37. The maximum atomic E-state index is 3.96. The number of benzene rings is 5. The van der Waals surface area contributed by atoms with E-state index in [1.807, 2.05) is 6.08 Å². The second-order valence-corrected chi connectivity index (χ2v) is 12.0. The topological polar surface area (TPSA) is 9.86 Å². The Morgan fingerprint density at radius 1 is 0.605 bits per heavy atom. The summed E-state index contributed by atoms with van der Waals surface area (Å²) in [7, 11) is 0. The molecular formula is C41H40N2. The number of hydrogen-bond acceptors (Lipinski definition) is 0. The van der Waals surface area contributed by atoms with Crippen LogP contribution in [-0.4, -0.2) is 9.13 Å². The quantitative estimate of drug-likeness (QED) is 0.157. The summed E-state index contributed by atoms with van der Waals surface area (Å²) in [6, 6.07) is 38.8. The number of aryl methyl sites for hydroxylation is 2. The van der Waals surface area contributed by atoms with Gasteiger partial charge in [-0.25, -0.2) is 0 Å². The molecule has 0 N–H and O–H groups in total. The van der Waals surface area contributed by atoms with Crippen molar-refractivity contribution in [2.75, 3.05) is 0 Å². The zero-order chi connectivity index (χ0) is 29.3. The van der Waals surface area contributed by atoms with Gasteiger partial charge in [0.15, 0.2) is 0 Å². The minimum Gasteiger partial charge on any atom is -0.335 e. The summed E-state index contributed by atoms with van der Waals surface area (Å²) in [6.45, 7) is 9.32. The smallest absolute Gasteiger partial charge is 0.0596 e. The third-order valence-electron chi connectivity index (χ3n) is 9.09. The molecule has 0 saturated heterocycles. The van der Waals surface area contributed by atoms with Crippen LogP contribution in [0.15, 0.2) is 110 Å². The molecule has 0 radical (unpaired) electrons. The molecule has 7 rings (SSSR count). The predicted molar refractivity (Wildman–Crippen MR) is 187 cm³/mol. The van der Waals surface area contributed by atoms with Crippen LogP contribution in [-0.2, 0) is 19.4 Å². The number of rotatable bonds is 10. The zero-order valence-electron chi connectivity index (χ0n) is 25.4. The van der Waals surface area contributed by atoms with Crippen molar-refractivity contribution in [2.24, 2.45) is 0 Å². The number of hydrogen-bond donors (Lipinski definition) is 0. The summed E-state index contributed by atoms with van der Waals surface area (Å²) in [5, 5.41) is 5.32. The van der Waals surface area contributed by atoms with Gasteiger partial charge in [-0.05, 0) is 78.3 Å². The molecule has 214 valence electrons. The SMILES string of the molecule is C=Cc1ccc(Cn2c3cc(CCCC)ccc3c3ccc4c(c5ccc(CCCC)cc5n4-c4ccccc4)c32)cc1. The Bertz CT molecular complexity index is 2070. The van der Waals surface area contributed by atoms with Crippen LogP contribution in [0.2, 0.25) is 0 Å². The molecule has 0 fully saturated rings. The lowest BCUT2D eigenvalue weighted by Gasteiger charge is -2.11. The van der Waals surface area contributed by atoms with Crippen LogP contribution in [0.25, 0.3) is 55.4 Å². The van der Waals surface area contributed by atoms with Crippen LogP contribution in [0.4, 0.5) is 0 Å². The fraction of sp³-hybridized carbons (Fsp3) is 0.220. The van der Waals surface area contributed by atoms with Crippen molar-refractivity contribution in [3.8, 4) is 5.69 Å². The highest BCUT2D eigenvalue weighted by Crippen LogP contribution is 2.41. The second-order valence-electron chi connectivity index (χ2n) is 12.0. The van der Waals surface area contributed by atoms with Crippen molar-refractivity contribution in [2.45, 2.75) is 58.9 Å². The van der Waals surface area contributed by atoms with E-state index in [9.17, 15) is 0 Å². The number of unbranched alkanes of at least 4 members (excludes halogenated alkanes) is 2. The number of aromatic nitrogens is 2. The maximum Gasteiger partial charge on any atom is 0.0596 e. The molecule has 0 amide bonds. The van der Waals surface area contributed by atoms with Gasteiger partial charge in [-0.15, -0.1) is 0 Å². The van der Waals surface area contributed by atoms with E-state index in [1.165, 1.54) is 91.7 Å². The van der Waals surface area contributed by atoms with Crippen molar-refractivity contribution in [1.29, 1.82) is 0 Å². The standard InChI is InChI=1S/C41H40N2/c1-4-7-12-30-20-22-34-35-24-25-37-40(41(35)42(38(34)26-30)28-32-18-16-29(6-3)17-19-32)36-23-21-31(13-8-5-2)27-39(36)43(37)33-14-10-9-11-15-33/h6,9-11,14-27H,3-5,7-8,12-13,28H2,1-2H3. The normalized spacial score (nSPS) is 11.8. The first-order valence-corrected chi connectivity index (χ1v) is 16.0. The van der Waals surface area contributed by atoms with Gasteiger partial charge in [0.1, 0.15) is 0 Å². The molecule has 0 bridgehead atoms. The third kappa shape index (κ3) is 4.85. The van der Waals surface area contributed by atoms with Crippen LogP contribution >= 0.6 is 0 Å². The van der Waals surface area contributed by atoms with Gasteiger partial charge in [-0.2, -0.15) is 0 Å². The molecule has 2 heterocycles. The average Bonchev–Trinajstić information content (AvgIpc) is 3.55. The summed E-state index contributed by atoms with van der Waals surface area (Å²) >= 11 is 0. The van der Waals surface area contributed by atoms with Gasteiger partial charge in [0.2, 0.25) is 0 Å². The van der Waals surface area contributed by atoms with E-state index in [1.54, 1.807) is 0 Å². The van der Waals surface area contributed by atoms with Crippen molar-refractivity contribution < 1.29 is 0 Å². The lowest BCUT2D eigenvalue weighted by atomic mass is 10.0. The molecule has 43 heavy (non-hydrogen) atoms. The van der Waals surface area contributed by atoms with Crippen LogP contribution in [0.1, 0.15) is 61.8 Å². The first kappa shape index (κ1) is 27.3. The molecule has 0 atom stereocenters. The average molecular weight is 561 g/mol. The van der Waals surface area contributed by atoms with Crippen LogP contribution in [0.5, 0.6) is 0 Å². The minimum atomic E-state index is 0.820. The van der Waals surface area contributed by atoms with Crippen molar-refractivity contribution >= 4 is 49.7 Å². The summed E-state index contributed by atoms with van der Waals surface area (Å²) in [5.74, 6) is 0. The predicted octanol–water partition coefficient (Wildman–Crippen LogP) is 11.3.